The van der Waals surface area contributed by atoms with E-state index in [0.29, 0.717) is 11.6 Å². The van der Waals surface area contributed by atoms with E-state index >= 15 is 0 Å². The molecule has 90 valence electrons. The summed E-state index contributed by atoms with van der Waals surface area (Å²) in [5.74, 6) is -2.66. The molecule has 0 aliphatic carbocycles. The molecule has 16 heavy (non-hydrogen) atoms. The number of hydrogen-bond donors (Lipinski definition) is 1. The smallest absolute Gasteiger partial charge is 0.270 e. The summed E-state index contributed by atoms with van der Waals surface area (Å²) in [7, 11) is 0. The third-order valence-electron chi connectivity index (χ3n) is 2.64. The summed E-state index contributed by atoms with van der Waals surface area (Å²) in [6.07, 6.45) is 0.793. The Bertz CT molecular complexity index is 361. The summed E-state index contributed by atoms with van der Waals surface area (Å²) >= 11 is 5.99. The standard InChI is InChI=1S/C12H16ClF2N/c1-8(5-6-16)10-4-3-9(7-11(10)13)12(2,14)15/h3-4,7-8H,5-6,16H2,1-2H3. The summed E-state index contributed by atoms with van der Waals surface area (Å²) in [6.45, 7) is 3.41. The van der Waals surface area contributed by atoms with Crippen molar-refractivity contribution in [2.75, 3.05) is 6.54 Å². The van der Waals surface area contributed by atoms with Gasteiger partial charge in [-0.1, -0.05) is 30.7 Å². The summed E-state index contributed by atoms with van der Waals surface area (Å²) < 4.78 is 26.1. The summed E-state index contributed by atoms with van der Waals surface area (Å²) in [6, 6.07) is 4.42. The zero-order valence-corrected chi connectivity index (χ0v) is 10.2. The van der Waals surface area contributed by atoms with E-state index in [-0.39, 0.29) is 11.5 Å². The lowest BCUT2D eigenvalue weighted by atomic mass is 9.96. The van der Waals surface area contributed by atoms with Crippen molar-refractivity contribution in [3.8, 4) is 0 Å². The van der Waals surface area contributed by atoms with Crippen molar-refractivity contribution in [2.45, 2.75) is 32.1 Å². The normalized spacial score (nSPS) is 13.9. The molecule has 0 fully saturated rings. The van der Waals surface area contributed by atoms with Crippen LogP contribution in [0.2, 0.25) is 5.02 Å². The topological polar surface area (TPSA) is 26.0 Å². The monoisotopic (exact) mass is 247 g/mol. The minimum Gasteiger partial charge on any atom is -0.330 e. The first-order valence-electron chi connectivity index (χ1n) is 5.24. The van der Waals surface area contributed by atoms with Crippen molar-refractivity contribution in [1.82, 2.24) is 0 Å². The largest absolute Gasteiger partial charge is 0.330 e. The average Bonchev–Trinajstić information content (AvgIpc) is 2.16. The van der Waals surface area contributed by atoms with E-state index in [0.717, 1.165) is 18.9 Å². The van der Waals surface area contributed by atoms with Gasteiger partial charge in [-0.15, -0.1) is 0 Å². The Balaban J connectivity index is 3.00. The number of benzene rings is 1. The van der Waals surface area contributed by atoms with E-state index in [4.69, 9.17) is 17.3 Å². The van der Waals surface area contributed by atoms with Gasteiger partial charge in [0.05, 0.1) is 0 Å². The highest BCUT2D eigenvalue weighted by molar-refractivity contribution is 6.31. The van der Waals surface area contributed by atoms with E-state index in [1.54, 1.807) is 6.07 Å². The minimum atomic E-state index is -2.85. The molecule has 0 heterocycles. The highest BCUT2D eigenvalue weighted by atomic mass is 35.5. The van der Waals surface area contributed by atoms with Gasteiger partial charge in [-0.3, -0.25) is 0 Å². The van der Waals surface area contributed by atoms with Crippen LogP contribution in [-0.4, -0.2) is 6.54 Å². The van der Waals surface area contributed by atoms with Crippen LogP contribution in [0, 0.1) is 0 Å². The SMILES string of the molecule is CC(CCN)c1ccc(C(C)(F)F)cc1Cl. The van der Waals surface area contributed by atoms with Gasteiger partial charge >= 0.3 is 0 Å². The lowest BCUT2D eigenvalue weighted by molar-refractivity contribution is 0.0174. The first kappa shape index (κ1) is 13.4. The van der Waals surface area contributed by atoms with Gasteiger partial charge in [-0.25, -0.2) is 8.78 Å². The molecule has 0 saturated carbocycles. The van der Waals surface area contributed by atoms with Crippen LogP contribution in [0.5, 0.6) is 0 Å². The molecule has 4 heteroatoms. The molecule has 2 N–H and O–H groups in total. The fourth-order valence-corrected chi connectivity index (χ4v) is 1.97. The summed E-state index contributed by atoms with van der Waals surface area (Å²) in [4.78, 5) is 0. The number of alkyl halides is 2. The second-order valence-electron chi connectivity index (χ2n) is 4.10. The van der Waals surface area contributed by atoms with Crippen LogP contribution < -0.4 is 5.73 Å². The van der Waals surface area contributed by atoms with Gasteiger partial charge in [0, 0.05) is 17.5 Å². The Morgan fingerprint density at radius 3 is 2.50 bits per heavy atom. The van der Waals surface area contributed by atoms with Crippen LogP contribution >= 0.6 is 11.6 Å². The van der Waals surface area contributed by atoms with Gasteiger partial charge in [0.2, 0.25) is 0 Å². The van der Waals surface area contributed by atoms with Crippen molar-refractivity contribution in [3.63, 3.8) is 0 Å². The van der Waals surface area contributed by atoms with Gasteiger partial charge in [-0.05, 0) is 30.5 Å². The molecule has 0 bridgehead atoms. The van der Waals surface area contributed by atoms with Crippen molar-refractivity contribution in [3.05, 3.63) is 34.3 Å². The predicted molar refractivity (Wildman–Crippen MR) is 63.1 cm³/mol. The molecule has 0 saturated heterocycles. The molecule has 1 aromatic rings. The zero-order chi connectivity index (χ0) is 12.3. The molecule has 0 aromatic heterocycles. The van der Waals surface area contributed by atoms with E-state index in [1.165, 1.54) is 12.1 Å². The van der Waals surface area contributed by atoms with Crippen LogP contribution in [0.4, 0.5) is 8.78 Å². The Morgan fingerprint density at radius 2 is 2.06 bits per heavy atom. The Morgan fingerprint density at radius 1 is 1.44 bits per heavy atom. The van der Waals surface area contributed by atoms with Crippen molar-refractivity contribution < 1.29 is 8.78 Å². The second kappa shape index (κ2) is 5.11. The van der Waals surface area contributed by atoms with Crippen LogP contribution in [-0.2, 0) is 5.92 Å². The van der Waals surface area contributed by atoms with Crippen LogP contribution in [0.25, 0.3) is 0 Å². The molecule has 1 aromatic carbocycles. The molecule has 0 amide bonds. The lowest BCUT2D eigenvalue weighted by Crippen LogP contribution is -2.09. The Labute approximate surface area is 99.6 Å². The molecule has 0 aliphatic rings. The van der Waals surface area contributed by atoms with Crippen LogP contribution in [0.3, 0.4) is 0 Å². The van der Waals surface area contributed by atoms with Crippen molar-refractivity contribution in [2.24, 2.45) is 5.73 Å². The predicted octanol–water partition coefficient (Wildman–Crippen LogP) is 3.90. The molecule has 1 unspecified atom stereocenters. The van der Waals surface area contributed by atoms with Gasteiger partial charge in [0.25, 0.3) is 5.92 Å². The number of hydrogen-bond acceptors (Lipinski definition) is 1. The molecule has 1 rings (SSSR count). The maximum atomic E-state index is 13.0. The van der Waals surface area contributed by atoms with Crippen molar-refractivity contribution in [1.29, 1.82) is 0 Å². The van der Waals surface area contributed by atoms with Crippen LogP contribution in [0.15, 0.2) is 18.2 Å². The van der Waals surface area contributed by atoms with Gasteiger partial charge in [0.1, 0.15) is 0 Å². The van der Waals surface area contributed by atoms with Gasteiger partial charge < -0.3 is 5.73 Å². The molecular formula is C12H16ClF2N. The fraction of sp³-hybridized carbons (Fsp3) is 0.500. The van der Waals surface area contributed by atoms with Crippen LogP contribution in [0.1, 0.15) is 37.3 Å². The quantitative estimate of drug-likeness (QED) is 0.858. The van der Waals surface area contributed by atoms with E-state index in [9.17, 15) is 8.78 Å². The van der Waals surface area contributed by atoms with E-state index in [1.807, 2.05) is 6.92 Å². The van der Waals surface area contributed by atoms with Gasteiger partial charge in [0.15, 0.2) is 0 Å². The number of nitrogens with two attached hydrogens (primary N) is 1. The molecule has 1 nitrogen and oxygen atoms in total. The fourth-order valence-electron chi connectivity index (χ4n) is 1.61. The first-order valence-corrected chi connectivity index (χ1v) is 5.62. The zero-order valence-electron chi connectivity index (χ0n) is 9.43. The molecule has 0 spiro atoms. The summed E-state index contributed by atoms with van der Waals surface area (Å²) in [5.41, 5.74) is 6.27. The second-order valence-corrected chi connectivity index (χ2v) is 4.51. The number of halogens is 3. The molecule has 0 radical (unpaired) electrons. The maximum Gasteiger partial charge on any atom is 0.270 e. The average molecular weight is 248 g/mol. The van der Waals surface area contributed by atoms with E-state index < -0.39 is 5.92 Å². The molecular weight excluding hydrogens is 232 g/mol. The minimum absolute atomic E-state index is 0.0544. The third-order valence-corrected chi connectivity index (χ3v) is 2.97. The Kier molecular flexibility index (Phi) is 4.28. The first-order chi connectivity index (χ1) is 7.36. The summed E-state index contributed by atoms with van der Waals surface area (Å²) in [5, 5.41) is 0.389. The van der Waals surface area contributed by atoms with E-state index in [2.05, 4.69) is 0 Å². The Hall–Kier alpha value is -0.670. The highest BCUT2D eigenvalue weighted by Gasteiger charge is 2.25. The lowest BCUT2D eigenvalue weighted by Gasteiger charge is -2.16. The third kappa shape index (κ3) is 3.16. The maximum absolute atomic E-state index is 13.0. The van der Waals surface area contributed by atoms with Gasteiger partial charge in [-0.2, -0.15) is 0 Å². The highest BCUT2D eigenvalue weighted by Crippen LogP contribution is 2.33. The molecule has 1 atom stereocenters. The van der Waals surface area contributed by atoms with Crippen molar-refractivity contribution >= 4 is 11.6 Å². The molecule has 0 aliphatic heterocycles. The number of rotatable bonds is 4.